The molecule has 0 bridgehead atoms. The van der Waals surface area contributed by atoms with Crippen molar-refractivity contribution in [1.29, 1.82) is 0 Å². The highest BCUT2D eigenvalue weighted by molar-refractivity contribution is 6.90. The minimum atomic E-state index is -1.53. The van der Waals surface area contributed by atoms with Crippen LogP contribution in [0, 0.1) is 11.5 Å². The number of rotatable bonds is 4. The Balaban J connectivity index is 4.97. The molecule has 0 aliphatic heterocycles. The topological polar surface area (TPSA) is 12.0 Å². The third kappa shape index (κ3) is 4.78. The van der Waals surface area contributed by atoms with Gasteiger partial charge in [0.15, 0.2) is 0 Å². The fraction of sp³-hybridized carbons (Fsp3) is 0.875. The molecule has 1 nitrogen and oxygen atoms in total. The summed E-state index contributed by atoms with van der Waals surface area (Å²) >= 11 is 0. The number of nitrogens with one attached hydrogen (secondary N) is 1. The minimum Gasteiger partial charge on any atom is -0.301 e. The van der Waals surface area contributed by atoms with E-state index < -0.39 is 8.07 Å². The van der Waals surface area contributed by atoms with E-state index >= 15 is 0 Å². The first kappa shape index (κ1) is 17.7. The summed E-state index contributed by atoms with van der Waals surface area (Å²) in [5, 5.41) is 3.46. The molecule has 0 aromatic rings. The summed E-state index contributed by atoms with van der Waals surface area (Å²) < 4.78 is 0. The van der Waals surface area contributed by atoms with Crippen LogP contribution in [0.3, 0.4) is 0 Å². The molecule has 106 valence electrons. The monoisotopic (exact) mass is 267 g/mol. The van der Waals surface area contributed by atoms with Crippen molar-refractivity contribution in [2.75, 3.05) is 6.54 Å². The minimum absolute atomic E-state index is 0.159. The second kappa shape index (κ2) is 6.77. The second-order valence-corrected chi connectivity index (χ2v) is 12.9. The Labute approximate surface area is 116 Å². The van der Waals surface area contributed by atoms with Crippen molar-refractivity contribution in [2.24, 2.45) is 0 Å². The maximum Gasteiger partial charge on any atom is 0.146 e. The summed E-state index contributed by atoms with van der Waals surface area (Å²) in [6.45, 7) is 21.5. The second-order valence-electron chi connectivity index (χ2n) is 7.30. The zero-order valence-corrected chi connectivity index (χ0v) is 14.9. The molecule has 2 heteroatoms. The SMILES string of the molecule is CC(C)[Si](C#CCNC(C)(C)C)(C(C)C)C(C)C. The molecule has 0 aromatic carbocycles. The molecule has 0 amide bonds. The first-order valence-electron chi connectivity index (χ1n) is 7.29. The van der Waals surface area contributed by atoms with Gasteiger partial charge in [0.1, 0.15) is 8.07 Å². The Bertz CT molecular complexity index is 278. The fourth-order valence-electron chi connectivity index (χ4n) is 2.94. The van der Waals surface area contributed by atoms with Crippen LogP contribution >= 0.6 is 0 Å². The highest BCUT2D eigenvalue weighted by Crippen LogP contribution is 2.40. The third-order valence-electron chi connectivity index (χ3n) is 3.88. The van der Waals surface area contributed by atoms with Gasteiger partial charge in [0, 0.05) is 5.54 Å². The van der Waals surface area contributed by atoms with E-state index in [0.717, 1.165) is 23.2 Å². The first-order chi connectivity index (χ1) is 8.04. The largest absolute Gasteiger partial charge is 0.301 e. The third-order valence-corrected chi connectivity index (χ3v) is 10.2. The predicted molar refractivity (Wildman–Crippen MR) is 86.6 cm³/mol. The zero-order chi connectivity index (χ0) is 14.6. The highest BCUT2D eigenvalue weighted by atomic mass is 28.3. The summed E-state index contributed by atoms with van der Waals surface area (Å²) in [5.41, 5.74) is 6.06. The van der Waals surface area contributed by atoms with E-state index in [9.17, 15) is 0 Å². The fourth-order valence-corrected chi connectivity index (χ4v) is 8.20. The molecule has 0 fully saturated rings. The first-order valence-corrected chi connectivity index (χ1v) is 9.52. The molecule has 0 saturated heterocycles. The molecule has 0 radical (unpaired) electrons. The van der Waals surface area contributed by atoms with Gasteiger partial charge in [-0.2, -0.15) is 0 Å². The molecule has 18 heavy (non-hydrogen) atoms. The summed E-state index contributed by atoms with van der Waals surface area (Å²) in [7, 11) is -1.53. The number of hydrogen-bond donors (Lipinski definition) is 1. The molecule has 0 heterocycles. The molecule has 0 rings (SSSR count). The van der Waals surface area contributed by atoms with Gasteiger partial charge in [-0.1, -0.05) is 47.5 Å². The van der Waals surface area contributed by atoms with Crippen LogP contribution in [0.4, 0.5) is 0 Å². The van der Waals surface area contributed by atoms with Crippen molar-refractivity contribution in [3.63, 3.8) is 0 Å². The molecule has 1 N–H and O–H groups in total. The Kier molecular flexibility index (Phi) is 6.67. The molecular formula is C16H33NSi. The van der Waals surface area contributed by atoms with Crippen molar-refractivity contribution < 1.29 is 0 Å². The smallest absolute Gasteiger partial charge is 0.146 e. The Hall–Kier alpha value is -0.263. The van der Waals surface area contributed by atoms with E-state index in [0.29, 0.717) is 0 Å². The van der Waals surface area contributed by atoms with E-state index in [2.05, 4.69) is 79.1 Å². The van der Waals surface area contributed by atoms with E-state index in [1.165, 1.54) is 0 Å². The molecule has 0 atom stereocenters. The molecule has 0 aliphatic carbocycles. The van der Waals surface area contributed by atoms with Gasteiger partial charge < -0.3 is 5.32 Å². The standard InChI is InChI=1S/C16H33NSi/c1-13(2)18(14(3)4,15(5)6)12-10-11-17-16(7,8)9/h13-15,17H,11H2,1-9H3. The van der Waals surface area contributed by atoms with Gasteiger partial charge in [0.2, 0.25) is 0 Å². The lowest BCUT2D eigenvalue weighted by atomic mass is 10.1. The van der Waals surface area contributed by atoms with E-state index in [1.807, 2.05) is 0 Å². The Morgan fingerprint density at radius 3 is 1.56 bits per heavy atom. The van der Waals surface area contributed by atoms with Crippen LogP contribution in [0.1, 0.15) is 62.3 Å². The van der Waals surface area contributed by atoms with Crippen LogP contribution in [-0.4, -0.2) is 20.2 Å². The summed E-state index contributed by atoms with van der Waals surface area (Å²) in [4.78, 5) is 0. The van der Waals surface area contributed by atoms with Crippen LogP contribution in [0.15, 0.2) is 0 Å². The molecule has 0 unspecified atom stereocenters. The highest BCUT2D eigenvalue weighted by Gasteiger charge is 2.41. The van der Waals surface area contributed by atoms with Crippen molar-refractivity contribution >= 4 is 8.07 Å². The van der Waals surface area contributed by atoms with Gasteiger partial charge in [0.25, 0.3) is 0 Å². The van der Waals surface area contributed by atoms with Crippen LogP contribution in [0.5, 0.6) is 0 Å². The lowest BCUT2D eigenvalue weighted by Gasteiger charge is -2.38. The van der Waals surface area contributed by atoms with E-state index in [4.69, 9.17) is 0 Å². The van der Waals surface area contributed by atoms with E-state index in [1.54, 1.807) is 0 Å². The normalized spacial score (nSPS) is 13.1. The van der Waals surface area contributed by atoms with Crippen molar-refractivity contribution in [3.05, 3.63) is 0 Å². The van der Waals surface area contributed by atoms with Crippen molar-refractivity contribution in [2.45, 2.75) is 84.5 Å². The lowest BCUT2D eigenvalue weighted by Crippen LogP contribution is -2.43. The summed E-state index contributed by atoms with van der Waals surface area (Å²) in [5.74, 6) is 3.43. The van der Waals surface area contributed by atoms with Crippen molar-refractivity contribution in [1.82, 2.24) is 5.32 Å². The zero-order valence-electron chi connectivity index (χ0n) is 13.9. The van der Waals surface area contributed by atoms with E-state index in [-0.39, 0.29) is 5.54 Å². The maximum atomic E-state index is 3.73. The van der Waals surface area contributed by atoms with Crippen LogP contribution in [0.2, 0.25) is 16.6 Å². The molecule has 0 aliphatic rings. The average Bonchev–Trinajstić information content (AvgIpc) is 2.13. The average molecular weight is 268 g/mol. The molecular weight excluding hydrogens is 234 g/mol. The Morgan fingerprint density at radius 1 is 0.889 bits per heavy atom. The van der Waals surface area contributed by atoms with Gasteiger partial charge >= 0.3 is 0 Å². The maximum absolute atomic E-state index is 3.73. The van der Waals surface area contributed by atoms with Crippen LogP contribution in [0.25, 0.3) is 0 Å². The van der Waals surface area contributed by atoms with Gasteiger partial charge in [-0.05, 0) is 37.4 Å². The van der Waals surface area contributed by atoms with Crippen molar-refractivity contribution in [3.8, 4) is 11.5 Å². The Morgan fingerprint density at radius 2 is 1.28 bits per heavy atom. The summed E-state index contributed by atoms with van der Waals surface area (Å²) in [6, 6.07) is 0. The molecule has 0 spiro atoms. The molecule has 0 saturated carbocycles. The van der Waals surface area contributed by atoms with Crippen LogP contribution in [-0.2, 0) is 0 Å². The quantitative estimate of drug-likeness (QED) is 0.580. The lowest BCUT2D eigenvalue weighted by molar-refractivity contribution is 0.452. The van der Waals surface area contributed by atoms with Gasteiger partial charge in [-0.15, -0.1) is 5.54 Å². The molecule has 0 aromatic heterocycles. The van der Waals surface area contributed by atoms with Gasteiger partial charge in [-0.25, -0.2) is 0 Å². The number of hydrogen-bond acceptors (Lipinski definition) is 1. The van der Waals surface area contributed by atoms with Gasteiger partial charge in [0.05, 0.1) is 6.54 Å². The summed E-state index contributed by atoms with van der Waals surface area (Å²) in [6.07, 6.45) is 0. The predicted octanol–water partition coefficient (Wildman–Crippen LogP) is 4.60. The van der Waals surface area contributed by atoms with Crippen LogP contribution < -0.4 is 5.32 Å². The van der Waals surface area contributed by atoms with Gasteiger partial charge in [-0.3, -0.25) is 0 Å².